The lowest BCUT2D eigenvalue weighted by atomic mass is 9.98. The van der Waals surface area contributed by atoms with Crippen LogP contribution < -0.4 is 15.4 Å². The van der Waals surface area contributed by atoms with Gasteiger partial charge in [-0.25, -0.2) is 9.78 Å². The van der Waals surface area contributed by atoms with Crippen molar-refractivity contribution in [1.29, 1.82) is 0 Å². The molecule has 2 atom stereocenters. The molecule has 2 unspecified atom stereocenters. The highest BCUT2D eigenvalue weighted by Gasteiger charge is 2.27. The van der Waals surface area contributed by atoms with Crippen molar-refractivity contribution in [1.82, 2.24) is 10.3 Å². The maximum Gasteiger partial charge on any atom is 0.408 e. The molecule has 3 rings (SSSR count). The molecule has 1 heterocycles. The monoisotopic (exact) mass is 467 g/mol. The predicted molar refractivity (Wildman–Crippen MR) is 130 cm³/mol. The molecule has 0 bridgehead atoms. The number of methoxy groups -OCH3 is 1. The highest BCUT2D eigenvalue weighted by molar-refractivity contribution is 7.16. The van der Waals surface area contributed by atoms with Gasteiger partial charge in [0.25, 0.3) is 0 Å². The number of alkyl carbamates (subject to hydrolysis) is 1. The second kappa shape index (κ2) is 11.5. The average molecular weight is 468 g/mol. The van der Waals surface area contributed by atoms with Gasteiger partial charge >= 0.3 is 6.09 Å². The van der Waals surface area contributed by atoms with Crippen LogP contribution in [0.5, 0.6) is 5.75 Å². The van der Waals surface area contributed by atoms with Gasteiger partial charge in [0.1, 0.15) is 18.4 Å². The molecule has 7 nitrogen and oxygen atoms in total. The minimum Gasteiger partial charge on any atom is -0.497 e. The normalized spacial score (nSPS) is 12.5. The average Bonchev–Trinajstić information content (AvgIpc) is 3.20. The van der Waals surface area contributed by atoms with E-state index in [1.165, 1.54) is 11.3 Å². The van der Waals surface area contributed by atoms with Crippen LogP contribution in [0.2, 0.25) is 0 Å². The molecule has 2 N–H and O–H groups in total. The number of thiazole rings is 1. The summed E-state index contributed by atoms with van der Waals surface area (Å²) in [6.07, 6.45) is 0.0824. The van der Waals surface area contributed by atoms with Crippen molar-refractivity contribution in [2.24, 2.45) is 5.92 Å². The van der Waals surface area contributed by atoms with E-state index in [2.05, 4.69) is 15.6 Å². The summed E-state index contributed by atoms with van der Waals surface area (Å²) in [5.41, 5.74) is 2.61. The summed E-state index contributed by atoms with van der Waals surface area (Å²) in [7, 11) is 1.62. The number of anilines is 1. The molecular formula is C25H29N3O4S. The predicted octanol–water partition coefficient (Wildman–Crippen LogP) is 5.41. The second-order valence-corrected chi connectivity index (χ2v) is 8.91. The fourth-order valence-electron chi connectivity index (χ4n) is 3.24. The van der Waals surface area contributed by atoms with Crippen molar-refractivity contribution in [2.75, 3.05) is 12.4 Å². The third-order valence-corrected chi connectivity index (χ3v) is 6.26. The summed E-state index contributed by atoms with van der Waals surface area (Å²) in [5.74, 6) is 0.356. The first-order chi connectivity index (χ1) is 15.9. The van der Waals surface area contributed by atoms with E-state index in [0.717, 1.165) is 27.4 Å². The molecule has 0 aliphatic rings. The fourth-order valence-corrected chi connectivity index (χ4v) is 4.08. The summed E-state index contributed by atoms with van der Waals surface area (Å²) < 4.78 is 10.5. The molecule has 0 saturated heterocycles. The molecule has 8 heteroatoms. The number of aryl methyl sites for hydroxylation is 1. The lowest BCUT2D eigenvalue weighted by Crippen LogP contribution is -2.47. The molecule has 1 aromatic heterocycles. The van der Waals surface area contributed by atoms with Gasteiger partial charge in [-0.05, 0) is 42.7 Å². The van der Waals surface area contributed by atoms with E-state index in [0.29, 0.717) is 11.6 Å². The Hall–Kier alpha value is -3.39. The minimum atomic E-state index is -0.744. The van der Waals surface area contributed by atoms with Crippen LogP contribution >= 0.6 is 11.3 Å². The lowest BCUT2D eigenvalue weighted by Gasteiger charge is -2.22. The summed E-state index contributed by atoms with van der Waals surface area (Å²) >= 11 is 1.39. The first-order valence-corrected chi connectivity index (χ1v) is 11.6. The highest BCUT2D eigenvalue weighted by atomic mass is 32.1. The van der Waals surface area contributed by atoms with Gasteiger partial charge in [-0.15, -0.1) is 11.3 Å². The van der Waals surface area contributed by atoms with Crippen LogP contribution in [-0.4, -0.2) is 30.1 Å². The van der Waals surface area contributed by atoms with E-state index in [1.54, 1.807) is 7.11 Å². The van der Waals surface area contributed by atoms with E-state index in [4.69, 9.17) is 9.47 Å². The Morgan fingerprint density at radius 1 is 1.09 bits per heavy atom. The quantitative estimate of drug-likeness (QED) is 0.439. The van der Waals surface area contributed by atoms with Gasteiger partial charge in [-0.2, -0.15) is 0 Å². The Labute approximate surface area is 198 Å². The Bertz CT molecular complexity index is 1070. The van der Waals surface area contributed by atoms with Crippen LogP contribution in [0.3, 0.4) is 0 Å². The number of benzene rings is 2. The first kappa shape index (κ1) is 24.3. The van der Waals surface area contributed by atoms with Gasteiger partial charge in [0.05, 0.1) is 12.8 Å². The fraction of sp³-hybridized carbons (Fsp3) is 0.320. The van der Waals surface area contributed by atoms with Crippen molar-refractivity contribution in [3.8, 4) is 17.0 Å². The summed E-state index contributed by atoms with van der Waals surface area (Å²) in [5, 5.41) is 6.06. The molecule has 0 saturated carbocycles. The topological polar surface area (TPSA) is 89.5 Å². The zero-order chi connectivity index (χ0) is 23.8. The van der Waals surface area contributed by atoms with E-state index in [9.17, 15) is 9.59 Å². The van der Waals surface area contributed by atoms with Crippen molar-refractivity contribution in [2.45, 2.75) is 39.8 Å². The number of amides is 2. The molecule has 3 aromatic rings. The van der Waals surface area contributed by atoms with Gasteiger partial charge in [-0.3, -0.25) is 4.79 Å². The molecule has 0 aliphatic carbocycles. The van der Waals surface area contributed by atoms with Crippen molar-refractivity contribution in [3.63, 3.8) is 0 Å². The van der Waals surface area contributed by atoms with E-state index in [-0.39, 0.29) is 18.4 Å². The molecule has 0 fully saturated rings. The van der Waals surface area contributed by atoms with Crippen LogP contribution in [0.15, 0.2) is 54.6 Å². The number of aromatic nitrogens is 1. The zero-order valence-corrected chi connectivity index (χ0v) is 20.1. The van der Waals surface area contributed by atoms with Crippen LogP contribution in [0.1, 0.15) is 30.7 Å². The Kier molecular flexibility index (Phi) is 8.43. The molecule has 33 heavy (non-hydrogen) atoms. The molecule has 2 amide bonds. The number of nitrogens with one attached hydrogen (secondary N) is 2. The van der Waals surface area contributed by atoms with Gasteiger partial charge < -0.3 is 20.1 Å². The van der Waals surface area contributed by atoms with Crippen molar-refractivity contribution < 1.29 is 19.1 Å². The van der Waals surface area contributed by atoms with Crippen LogP contribution in [0.4, 0.5) is 9.93 Å². The van der Waals surface area contributed by atoms with Gasteiger partial charge in [-0.1, -0.05) is 50.6 Å². The highest BCUT2D eigenvalue weighted by Crippen LogP contribution is 2.31. The van der Waals surface area contributed by atoms with Crippen LogP contribution in [-0.2, 0) is 16.1 Å². The maximum atomic E-state index is 13.0. The molecule has 0 spiro atoms. The molecule has 174 valence electrons. The Morgan fingerprint density at radius 2 is 1.79 bits per heavy atom. The number of carbonyl (C=O) groups excluding carboxylic acids is 2. The number of hydrogen-bond donors (Lipinski definition) is 2. The number of carbonyl (C=O) groups is 2. The molecule has 2 aromatic carbocycles. The summed E-state index contributed by atoms with van der Waals surface area (Å²) in [4.78, 5) is 31.0. The number of ether oxygens (including phenoxy) is 2. The zero-order valence-electron chi connectivity index (χ0n) is 19.3. The Balaban J connectivity index is 1.66. The SMILES string of the molecule is CCC(C)C(NC(=O)OCc1ccccc1)C(=O)Nc1nc(-c2ccc(OC)cc2)c(C)s1. The van der Waals surface area contributed by atoms with Gasteiger partial charge in [0, 0.05) is 10.4 Å². The molecular weight excluding hydrogens is 438 g/mol. The first-order valence-electron chi connectivity index (χ1n) is 10.8. The van der Waals surface area contributed by atoms with Crippen LogP contribution in [0.25, 0.3) is 11.3 Å². The van der Waals surface area contributed by atoms with E-state index in [1.807, 2.05) is 75.4 Å². The van der Waals surface area contributed by atoms with Crippen LogP contribution in [0, 0.1) is 12.8 Å². The standard InChI is InChI=1S/C25H29N3O4S/c1-5-16(2)21(27-25(30)32-15-18-9-7-6-8-10-18)23(29)28-24-26-22(17(3)33-24)19-11-13-20(31-4)14-12-19/h6-14,16,21H,5,15H2,1-4H3,(H,27,30)(H,26,28,29). The van der Waals surface area contributed by atoms with E-state index >= 15 is 0 Å². The second-order valence-electron chi connectivity index (χ2n) is 7.71. The Morgan fingerprint density at radius 3 is 2.42 bits per heavy atom. The number of rotatable bonds is 9. The lowest BCUT2D eigenvalue weighted by molar-refractivity contribution is -0.119. The number of nitrogens with zero attached hydrogens (tertiary/aromatic N) is 1. The van der Waals surface area contributed by atoms with Gasteiger partial charge in [0.2, 0.25) is 5.91 Å². The summed E-state index contributed by atoms with van der Waals surface area (Å²) in [6, 6.07) is 16.3. The molecule has 0 aliphatic heterocycles. The smallest absolute Gasteiger partial charge is 0.408 e. The van der Waals surface area contributed by atoms with Crippen molar-refractivity contribution in [3.05, 3.63) is 65.0 Å². The minimum absolute atomic E-state index is 0.0867. The van der Waals surface area contributed by atoms with Gasteiger partial charge in [0.15, 0.2) is 5.13 Å². The summed E-state index contributed by atoms with van der Waals surface area (Å²) in [6.45, 7) is 5.98. The van der Waals surface area contributed by atoms with Crippen molar-refractivity contribution >= 4 is 28.5 Å². The molecule has 0 radical (unpaired) electrons. The largest absolute Gasteiger partial charge is 0.497 e. The maximum absolute atomic E-state index is 13.0. The third-order valence-electron chi connectivity index (χ3n) is 5.37. The number of hydrogen-bond acceptors (Lipinski definition) is 6. The van der Waals surface area contributed by atoms with E-state index < -0.39 is 12.1 Å². The third kappa shape index (κ3) is 6.55.